The van der Waals surface area contributed by atoms with Crippen LogP contribution in [-0.4, -0.2) is 5.91 Å². The first kappa shape index (κ1) is 23.0. The molecular formula is C31H24ClNO2S. The van der Waals surface area contributed by atoms with Gasteiger partial charge in [-0.2, -0.15) is 0 Å². The lowest BCUT2D eigenvalue weighted by Crippen LogP contribution is -2.55. The predicted molar refractivity (Wildman–Crippen MR) is 147 cm³/mol. The molecule has 0 saturated heterocycles. The number of fused-ring (bicyclic) bond motifs is 3. The van der Waals surface area contributed by atoms with Gasteiger partial charge in [-0.3, -0.25) is 9.69 Å². The summed E-state index contributed by atoms with van der Waals surface area (Å²) < 4.78 is 6.96. The SMILES string of the molecule is CC1=C(c2ccccc2)C(=O)N2c3ccccc3S[C@@H](c3ccc(Cl)cc3)C[C@]2(c2ccccc2)O1. The zero-order chi connectivity index (χ0) is 24.7. The maximum atomic E-state index is 14.5. The van der Waals surface area contributed by atoms with E-state index in [4.69, 9.17) is 16.3 Å². The average Bonchev–Trinajstić information content (AvgIpc) is 3.05. The highest BCUT2D eigenvalue weighted by Gasteiger charge is 2.53. The number of hydrogen-bond donors (Lipinski definition) is 0. The van der Waals surface area contributed by atoms with Gasteiger partial charge in [0.1, 0.15) is 5.76 Å². The Labute approximate surface area is 220 Å². The summed E-state index contributed by atoms with van der Waals surface area (Å²) in [7, 11) is 0. The summed E-state index contributed by atoms with van der Waals surface area (Å²) in [6, 6.07) is 36.0. The quantitative estimate of drug-likeness (QED) is 0.278. The molecule has 0 saturated carbocycles. The topological polar surface area (TPSA) is 29.5 Å². The van der Waals surface area contributed by atoms with Crippen LogP contribution < -0.4 is 4.90 Å². The normalized spacial score (nSPS) is 21.3. The van der Waals surface area contributed by atoms with Crippen molar-refractivity contribution in [2.75, 3.05) is 4.90 Å². The molecule has 6 rings (SSSR count). The van der Waals surface area contributed by atoms with Crippen molar-refractivity contribution < 1.29 is 9.53 Å². The molecule has 2 aliphatic rings. The second-order valence-corrected chi connectivity index (χ2v) is 10.7. The third-order valence-electron chi connectivity index (χ3n) is 6.82. The Morgan fingerprint density at radius 3 is 2.22 bits per heavy atom. The van der Waals surface area contributed by atoms with Crippen LogP contribution in [0.25, 0.3) is 5.57 Å². The first-order chi connectivity index (χ1) is 17.6. The highest BCUT2D eigenvalue weighted by molar-refractivity contribution is 7.99. The molecule has 4 aromatic carbocycles. The van der Waals surface area contributed by atoms with Gasteiger partial charge >= 0.3 is 0 Å². The van der Waals surface area contributed by atoms with Crippen molar-refractivity contribution in [3.8, 4) is 0 Å². The fourth-order valence-corrected chi connectivity index (χ4v) is 6.67. The van der Waals surface area contributed by atoms with Crippen molar-refractivity contribution >= 4 is 40.5 Å². The van der Waals surface area contributed by atoms with E-state index in [1.54, 1.807) is 11.8 Å². The summed E-state index contributed by atoms with van der Waals surface area (Å²) >= 11 is 7.98. The molecule has 2 aliphatic heterocycles. The number of hydrogen-bond acceptors (Lipinski definition) is 3. The van der Waals surface area contributed by atoms with Gasteiger partial charge in [0.05, 0.1) is 11.3 Å². The van der Waals surface area contributed by atoms with Gasteiger partial charge in [-0.05, 0) is 42.3 Å². The molecule has 0 fully saturated rings. The largest absolute Gasteiger partial charge is 0.467 e. The maximum absolute atomic E-state index is 14.5. The molecule has 36 heavy (non-hydrogen) atoms. The minimum atomic E-state index is -1.01. The van der Waals surface area contributed by atoms with Gasteiger partial charge in [0, 0.05) is 27.2 Å². The fraction of sp³-hybridized carbons (Fsp3) is 0.129. The molecular weight excluding hydrogens is 486 g/mol. The Balaban J connectivity index is 1.61. The van der Waals surface area contributed by atoms with Crippen LogP contribution in [0, 0.1) is 0 Å². The number of nitrogens with zero attached hydrogens (tertiary/aromatic N) is 1. The van der Waals surface area contributed by atoms with E-state index >= 15 is 0 Å². The second kappa shape index (κ2) is 9.20. The Morgan fingerprint density at radius 1 is 0.861 bits per heavy atom. The third-order valence-corrected chi connectivity index (χ3v) is 8.39. The lowest BCUT2D eigenvalue weighted by Gasteiger charge is -2.47. The summed E-state index contributed by atoms with van der Waals surface area (Å²) in [6.45, 7) is 1.91. The molecule has 0 radical (unpaired) electrons. The van der Waals surface area contributed by atoms with Gasteiger partial charge in [-0.1, -0.05) is 96.5 Å². The first-order valence-electron chi connectivity index (χ1n) is 11.9. The minimum absolute atomic E-state index is 0.0347. The van der Waals surface area contributed by atoms with Gasteiger partial charge in [0.25, 0.3) is 5.91 Å². The Bertz CT molecular complexity index is 1450. The third kappa shape index (κ3) is 3.82. The number of para-hydroxylation sites is 1. The summed E-state index contributed by atoms with van der Waals surface area (Å²) in [5, 5.41) is 0.736. The van der Waals surface area contributed by atoms with E-state index in [1.165, 1.54) is 0 Å². The van der Waals surface area contributed by atoms with Crippen LogP contribution in [-0.2, 0) is 15.3 Å². The van der Waals surface area contributed by atoms with Crippen molar-refractivity contribution in [3.05, 3.63) is 137 Å². The van der Waals surface area contributed by atoms with E-state index in [0.717, 1.165) is 27.3 Å². The first-order valence-corrected chi connectivity index (χ1v) is 13.2. The standard InChI is InChI=1S/C31H24ClNO2S/c1-21-29(23-10-4-2-5-11-23)30(34)33-26-14-8-9-15-27(26)36-28(22-16-18-25(32)19-17-22)20-31(33,35-21)24-12-6-3-7-13-24/h2-19,28H,20H2,1H3/t28-,31-/m1/s1. The van der Waals surface area contributed by atoms with Crippen LogP contribution in [0.3, 0.4) is 0 Å². The van der Waals surface area contributed by atoms with Crippen molar-refractivity contribution in [1.82, 2.24) is 0 Å². The summed E-state index contributed by atoms with van der Waals surface area (Å²) in [5.74, 6) is 0.573. The van der Waals surface area contributed by atoms with Crippen LogP contribution in [0.1, 0.15) is 35.3 Å². The number of carbonyl (C=O) groups is 1. The molecule has 0 bridgehead atoms. The summed E-state index contributed by atoms with van der Waals surface area (Å²) in [6.07, 6.45) is 0.573. The van der Waals surface area contributed by atoms with Gasteiger partial charge in [0.2, 0.25) is 5.72 Å². The summed E-state index contributed by atoms with van der Waals surface area (Å²) in [4.78, 5) is 17.4. The van der Waals surface area contributed by atoms with E-state index in [2.05, 4.69) is 30.3 Å². The van der Waals surface area contributed by atoms with Gasteiger partial charge in [-0.15, -0.1) is 11.8 Å². The zero-order valence-electron chi connectivity index (χ0n) is 19.7. The Kier molecular flexibility index (Phi) is 5.87. The molecule has 0 N–H and O–H groups in total. The summed E-state index contributed by atoms with van der Waals surface area (Å²) in [5.41, 5.74) is 3.37. The minimum Gasteiger partial charge on any atom is -0.467 e. The molecule has 0 aliphatic carbocycles. The smallest absolute Gasteiger partial charge is 0.265 e. The number of amides is 1. The number of allylic oxidation sites excluding steroid dienone is 1. The zero-order valence-corrected chi connectivity index (χ0v) is 21.3. The lowest BCUT2D eigenvalue weighted by atomic mass is 9.89. The molecule has 5 heteroatoms. The molecule has 2 atom stereocenters. The van der Waals surface area contributed by atoms with Crippen LogP contribution in [0.15, 0.2) is 120 Å². The van der Waals surface area contributed by atoms with Crippen LogP contribution in [0.4, 0.5) is 5.69 Å². The number of thioether (sulfide) groups is 1. The van der Waals surface area contributed by atoms with Gasteiger partial charge < -0.3 is 4.74 Å². The number of benzene rings is 4. The highest BCUT2D eigenvalue weighted by atomic mass is 35.5. The van der Waals surface area contributed by atoms with Crippen molar-refractivity contribution in [1.29, 1.82) is 0 Å². The van der Waals surface area contributed by atoms with E-state index in [9.17, 15) is 4.79 Å². The highest BCUT2D eigenvalue weighted by Crippen LogP contribution is 2.56. The van der Waals surface area contributed by atoms with Crippen molar-refractivity contribution in [3.63, 3.8) is 0 Å². The fourth-order valence-electron chi connectivity index (χ4n) is 5.20. The number of halogens is 1. The number of rotatable bonds is 3. The van der Waals surface area contributed by atoms with Gasteiger partial charge in [-0.25, -0.2) is 0 Å². The second-order valence-electron chi connectivity index (χ2n) is 9.02. The van der Waals surface area contributed by atoms with E-state index in [1.807, 2.05) is 90.7 Å². The van der Waals surface area contributed by atoms with Crippen LogP contribution in [0.5, 0.6) is 0 Å². The molecule has 0 spiro atoms. The lowest BCUT2D eigenvalue weighted by molar-refractivity contribution is -0.123. The average molecular weight is 510 g/mol. The Hall–Kier alpha value is -3.47. The molecule has 2 heterocycles. The molecule has 0 unspecified atom stereocenters. The maximum Gasteiger partial charge on any atom is 0.265 e. The van der Waals surface area contributed by atoms with Crippen LogP contribution >= 0.6 is 23.4 Å². The van der Waals surface area contributed by atoms with E-state index in [0.29, 0.717) is 22.8 Å². The molecule has 178 valence electrons. The van der Waals surface area contributed by atoms with Crippen molar-refractivity contribution in [2.24, 2.45) is 0 Å². The van der Waals surface area contributed by atoms with Gasteiger partial charge in [0.15, 0.2) is 0 Å². The molecule has 4 aromatic rings. The van der Waals surface area contributed by atoms with E-state index in [-0.39, 0.29) is 11.2 Å². The van der Waals surface area contributed by atoms with E-state index < -0.39 is 5.72 Å². The number of ether oxygens (including phenoxy) is 1. The van der Waals surface area contributed by atoms with Crippen LogP contribution in [0.2, 0.25) is 5.02 Å². The predicted octanol–water partition coefficient (Wildman–Crippen LogP) is 8.22. The Morgan fingerprint density at radius 2 is 1.50 bits per heavy atom. The number of anilines is 1. The number of carbonyl (C=O) groups excluding carboxylic acids is 1. The molecule has 3 nitrogen and oxygen atoms in total. The molecule has 1 amide bonds. The van der Waals surface area contributed by atoms with Crippen molar-refractivity contribution in [2.45, 2.75) is 29.2 Å². The monoisotopic (exact) mass is 509 g/mol. The molecule has 0 aromatic heterocycles.